The van der Waals surface area contributed by atoms with Crippen molar-refractivity contribution in [2.45, 2.75) is 77.7 Å². The van der Waals surface area contributed by atoms with Crippen molar-refractivity contribution in [2.75, 3.05) is 19.0 Å². The molecule has 1 aromatic carbocycles. The molecule has 2 saturated carbocycles. The molecule has 176 valence electrons. The first kappa shape index (κ1) is 23.8. The second-order valence-electron chi connectivity index (χ2n) is 10.9. The Morgan fingerprint density at radius 2 is 1.88 bits per heavy atom. The van der Waals surface area contributed by atoms with Crippen LogP contribution >= 0.6 is 0 Å². The number of terminal acetylenes is 1. The molecule has 0 heterocycles. The minimum absolute atomic E-state index is 0.00828. The number of anilines is 1. The van der Waals surface area contributed by atoms with E-state index in [1.165, 1.54) is 28.0 Å². The van der Waals surface area contributed by atoms with Gasteiger partial charge < -0.3 is 10.0 Å². The van der Waals surface area contributed by atoms with E-state index in [2.05, 4.69) is 63.4 Å². The highest BCUT2D eigenvalue weighted by atomic mass is 16.3. The van der Waals surface area contributed by atoms with E-state index >= 15 is 0 Å². The normalized spacial score (nSPS) is 32.5. The van der Waals surface area contributed by atoms with Crippen molar-refractivity contribution in [1.29, 1.82) is 0 Å². The van der Waals surface area contributed by atoms with Gasteiger partial charge in [-0.25, -0.2) is 0 Å². The Morgan fingerprint density at radius 3 is 2.58 bits per heavy atom. The van der Waals surface area contributed by atoms with E-state index in [1.54, 1.807) is 12.5 Å². The summed E-state index contributed by atoms with van der Waals surface area (Å²) in [6.45, 7) is 6.24. The van der Waals surface area contributed by atoms with Gasteiger partial charge in [-0.05, 0) is 110 Å². The average Bonchev–Trinajstić information content (AvgIpc) is 3.08. The van der Waals surface area contributed by atoms with Crippen molar-refractivity contribution >= 4 is 11.5 Å². The summed E-state index contributed by atoms with van der Waals surface area (Å²) in [5, 5.41) is 11.0. The molecule has 2 fully saturated rings. The fourth-order valence-electron chi connectivity index (χ4n) is 7.19. The minimum Gasteiger partial charge on any atom is -0.393 e. The summed E-state index contributed by atoms with van der Waals surface area (Å²) in [7, 11) is 4.21. The summed E-state index contributed by atoms with van der Waals surface area (Å²) in [4.78, 5) is 14.3. The van der Waals surface area contributed by atoms with Crippen LogP contribution in [0.1, 0.15) is 75.8 Å². The van der Waals surface area contributed by atoms with E-state index in [9.17, 15) is 9.90 Å². The molecule has 1 aromatic rings. The monoisotopic (exact) mass is 445 g/mol. The van der Waals surface area contributed by atoms with Crippen LogP contribution in [-0.2, 0) is 4.79 Å². The molecule has 0 spiro atoms. The summed E-state index contributed by atoms with van der Waals surface area (Å²) in [6, 6.07) is 6.84. The lowest BCUT2D eigenvalue weighted by Gasteiger charge is -2.52. The second-order valence-corrected chi connectivity index (χ2v) is 10.9. The summed E-state index contributed by atoms with van der Waals surface area (Å²) in [6.07, 6.45) is 13.2. The Balaban J connectivity index is 0.000000821. The lowest BCUT2D eigenvalue weighted by atomic mass is 9.53. The Morgan fingerprint density at radius 1 is 1.15 bits per heavy atom. The summed E-state index contributed by atoms with van der Waals surface area (Å²) in [5.41, 5.74) is 8.42. The van der Waals surface area contributed by atoms with Crippen molar-refractivity contribution in [1.82, 2.24) is 0 Å². The zero-order valence-corrected chi connectivity index (χ0v) is 20.9. The molecule has 5 rings (SSSR count). The van der Waals surface area contributed by atoms with Crippen molar-refractivity contribution < 1.29 is 9.90 Å². The Kier molecular flexibility index (Phi) is 6.61. The molecule has 4 aliphatic carbocycles. The van der Waals surface area contributed by atoms with Crippen molar-refractivity contribution in [2.24, 2.45) is 17.3 Å². The van der Waals surface area contributed by atoms with Crippen LogP contribution in [0.3, 0.4) is 0 Å². The molecular weight excluding hydrogens is 406 g/mol. The fraction of sp³-hybridized carbons (Fsp3) is 0.567. The zero-order valence-electron chi connectivity index (χ0n) is 20.9. The van der Waals surface area contributed by atoms with E-state index in [0.717, 1.165) is 38.5 Å². The van der Waals surface area contributed by atoms with Gasteiger partial charge in [0.05, 0.1) is 6.10 Å². The number of allylic oxidation sites excluding steroid dienone is 4. The van der Waals surface area contributed by atoms with Crippen LogP contribution in [0, 0.1) is 36.5 Å². The third-order valence-corrected chi connectivity index (χ3v) is 8.84. The first-order chi connectivity index (χ1) is 15.7. The second kappa shape index (κ2) is 9.15. The van der Waals surface area contributed by atoms with Crippen LogP contribution in [0.15, 0.2) is 41.0 Å². The van der Waals surface area contributed by atoms with Crippen LogP contribution in [0.4, 0.5) is 5.69 Å². The van der Waals surface area contributed by atoms with Crippen molar-refractivity contribution in [3.05, 3.63) is 52.1 Å². The quantitative estimate of drug-likeness (QED) is 0.571. The van der Waals surface area contributed by atoms with E-state index in [1.807, 2.05) is 6.08 Å². The highest BCUT2D eigenvalue weighted by Gasteiger charge is 2.56. The Labute approximate surface area is 200 Å². The lowest BCUT2D eigenvalue weighted by Crippen LogP contribution is -2.45. The largest absolute Gasteiger partial charge is 0.393 e. The van der Waals surface area contributed by atoms with Gasteiger partial charge in [-0.3, -0.25) is 4.79 Å². The Bertz CT molecular complexity index is 1040. The number of aryl methyl sites for hydroxylation is 1. The molecular formula is C30H39NO2. The van der Waals surface area contributed by atoms with Crippen LogP contribution in [0.2, 0.25) is 0 Å². The standard InChI is InChI=1S/C27H35NO2.C3H4/c1-16-5-7-18(28(3)4)14-22(16)23-15-27(2)24(11-12-25(27)30)21-9-6-17-13-19(29)8-10-20(17)26(21)23;1-3-2/h5,7,13-14,21,23-25,30H,6,8-12,15H2,1-4H3;1H,2H3. The number of fused-ring (bicyclic) bond motifs is 4. The first-order valence-electron chi connectivity index (χ1n) is 12.5. The molecule has 0 bridgehead atoms. The lowest BCUT2D eigenvalue weighted by molar-refractivity contribution is -0.114. The SMILES string of the molecule is C#CC.Cc1ccc(N(C)C)cc1C1CC2(C)C(O)CCC2C2CCC3=CC(=O)CCC3=C12. The van der Waals surface area contributed by atoms with Crippen molar-refractivity contribution in [3.8, 4) is 12.3 Å². The van der Waals surface area contributed by atoms with Gasteiger partial charge in [0.25, 0.3) is 0 Å². The van der Waals surface area contributed by atoms with Gasteiger partial charge in [0.2, 0.25) is 0 Å². The molecule has 4 aliphatic rings. The number of hydrogen-bond donors (Lipinski definition) is 1. The topological polar surface area (TPSA) is 40.5 Å². The maximum atomic E-state index is 12.1. The van der Waals surface area contributed by atoms with Crippen LogP contribution < -0.4 is 4.90 Å². The molecule has 0 saturated heterocycles. The van der Waals surface area contributed by atoms with E-state index < -0.39 is 0 Å². The van der Waals surface area contributed by atoms with Gasteiger partial charge in [-0.2, -0.15) is 0 Å². The molecule has 0 radical (unpaired) electrons. The van der Waals surface area contributed by atoms with Gasteiger partial charge in [-0.1, -0.05) is 18.6 Å². The highest BCUT2D eigenvalue weighted by molar-refractivity contribution is 5.93. The highest BCUT2D eigenvalue weighted by Crippen LogP contribution is 2.64. The van der Waals surface area contributed by atoms with Gasteiger partial charge >= 0.3 is 0 Å². The smallest absolute Gasteiger partial charge is 0.156 e. The molecule has 0 aliphatic heterocycles. The minimum atomic E-state index is -0.196. The first-order valence-corrected chi connectivity index (χ1v) is 12.5. The maximum Gasteiger partial charge on any atom is 0.156 e. The number of carbonyl (C=O) groups is 1. The number of nitrogens with zero attached hydrogens (tertiary/aromatic N) is 1. The number of ketones is 1. The summed E-state index contributed by atoms with van der Waals surface area (Å²) in [5.74, 6) is 4.01. The van der Waals surface area contributed by atoms with Gasteiger partial charge in [0, 0.05) is 32.1 Å². The van der Waals surface area contributed by atoms with Gasteiger partial charge in [-0.15, -0.1) is 12.3 Å². The molecule has 33 heavy (non-hydrogen) atoms. The predicted molar refractivity (Wildman–Crippen MR) is 136 cm³/mol. The molecule has 0 aromatic heterocycles. The van der Waals surface area contributed by atoms with Crippen LogP contribution in [-0.4, -0.2) is 31.1 Å². The number of carbonyl (C=O) groups excluding carboxylic acids is 1. The van der Waals surface area contributed by atoms with E-state index in [4.69, 9.17) is 0 Å². The summed E-state index contributed by atoms with van der Waals surface area (Å²) < 4.78 is 0. The number of rotatable bonds is 2. The number of benzene rings is 1. The third-order valence-electron chi connectivity index (χ3n) is 8.84. The average molecular weight is 446 g/mol. The van der Waals surface area contributed by atoms with Crippen molar-refractivity contribution in [3.63, 3.8) is 0 Å². The molecule has 5 atom stereocenters. The number of aliphatic hydroxyl groups is 1. The van der Waals surface area contributed by atoms with Gasteiger partial charge in [0.1, 0.15) is 0 Å². The molecule has 3 heteroatoms. The van der Waals surface area contributed by atoms with E-state index in [-0.39, 0.29) is 11.5 Å². The molecule has 3 nitrogen and oxygen atoms in total. The van der Waals surface area contributed by atoms with Crippen LogP contribution in [0.25, 0.3) is 0 Å². The molecule has 0 amide bonds. The predicted octanol–water partition coefficient (Wildman–Crippen LogP) is 5.96. The Hall–Kier alpha value is -2.31. The zero-order chi connectivity index (χ0) is 23.9. The van der Waals surface area contributed by atoms with Gasteiger partial charge in [0.15, 0.2) is 5.78 Å². The number of hydrogen-bond acceptors (Lipinski definition) is 3. The van der Waals surface area contributed by atoms with Crippen LogP contribution in [0.5, 0.6) is 0 Å². The maximum absolute atomic E-state index is 12.1. The molecule has 1 N–H and O–H groups in total. The third kappa shape index (κ3) is 4.08. The number of aliphatic hydroxyl groups excluding tert-OH is 1. The fourth-order valence-corrected chi connectivity index (χ4v) is 7.19. The van der Waals surface area contributed by atoms with E-state index in [0.29, 0.717) is 30.0 Å². The summed E-state index contributed by atoms with van der Waals surface area (Å²) >= 11 is 0. The molecule has 5 unspecified atom stereocenters.